The van der Waals surface area contributed by atoms with Crippen molar-refractivity contribution in [3.05, 3.63) is 12.5 Å². The Morgan fingerprint density at radius 3 is 2.71 bits per heavy atom. The zero-order chi connectivity index (χ0) is 11.0. The molecule has 0 spiro atoms. The fourth-order valence-electron chi connectivity index (χ4n) is 0.748. The van der Waals surface area contributed by atoms with Gasteiger partial charge in [0, 0.05) is 18.1 Å². The van der Waals surface area contributed by atoms with Crippen molar-refractivity contribution in [2.75, 3.05) is 24.7 Å². The number of thioether (sulfide) groups is 1. The predicted molar refractivity (Wildman–Crippen MR) is 69.6 cm³/mol. The third-order valence-electron chi connectivity index (χ3n) is 1.16. The van der Waals surface area contributed by atoms with Crippen LogP contribution in [-0.2, 0) is 4.74 Å². The summed E-state index contributed by atoms with van der Waals surface area (Å²) < 4.78 is 16.9. The summed E-state index contributed by atoms with van der Waals surface area (Å²) in [5, 5.41) is 3.03. The van der Waals surface area contributed by atoms with Gasteiger partial charge in [-0.2, -0.15) is 11.8 Å². The topological polar surface area (TPSA) is 21.3 Å². The Morgan fingerprint density at radius 1 is 1.57 bits per heavy atom. The molecule has 14 heavy (non-hydrogen) atoms. The minimum atomic E-state index is -0.261. The summed E-state index contributed by atoms with van der Waals surface area (Å²) in [7, 11) is 0. The SMILES string of the molecule is C=C(NCCSCCF)OC(C)(C)I. The maximum atomic E-state index is 11.7. The van der Waals surface area contributed by atoms with E-state index in [0.717, 1.165) is 12.3 Å². The van der Waals surface area contributed by atoms with Crippen LogP contribution in [0.2, 0.25) is 0 Å². The number of hydrogen-bond donors (Lipinski definition) is 1. The van der Waals surface area contributed by atoms with Crippen LogP contribution < -0.4 is 5.32 Å². The summed E-state index contributed by atoms with van der Waals surface area (Å²) in [6, 6.07) is 0. The molecule has 84 valence electrons. The number of rotatable bonds is 8. The monoisotopic (exact) mass is 333 g/mol. The maximum Gasteiger partial charge on any atom is 0.180 e. The summed E-state index contributed by atoms with van der Waals surface area (Å²) in [5.41, 5.74) is 0. The van der Waals surface area contributed by atoms with Crippen LogP contribution in [0, 0.1) is 0 Å². The van der Waals surface area contributed by atoms with Crippen LogP contribution in [0.3, 0.4) is 0 Å². The Morgan fingerprint density at radius 2 is 2.21 bits per heavy atom. The molecule has 0 heterocycles. The average Bonchev–Trinajstić information content (AvgIpc) is 2.00. The minimum Gasteiger partial charge on any atom is -0.463 e. The molecule has 0 bridgehead atoms. The minimum absolute atomic E-state index is 0.242. The molecule has 0 saturated carbocycles. The fourth-order valence-corrected chi connectivity index (χ4v) is 1.57. The molecule has 0 rings (SSSR count). The molecule has 0 aromatic rings. The van der Waals surface area contributed by atoms with E-state index < -0.39 is 0 Å². The average molecular weight is 333 g/mol. The first-order valence-corrected chi connectivity index (χ1v) is 6.63. The van der Waals surface area contributed by atoms with Crippen molar-refractivity contribution in [3.8, 4) is 0 Å². The van der Waals surface area contributed by atoms with Crippen LogP contribution in [0.15, 0.2) is 12.5 Å². The van der Waals surface area contributed by atoms with Crippen molar-refractivity contribution in [1.29, 1.82) is 0 Å². The summed E-state index contributed by atoms with van der Waals surface area (Å²) in [5.74, 6) is 2.01. The van der Waals surface area contributed by atoms with E-state index in [2.05, 4.69) is 34.5 Å². The molecule has 0 saturated heterocycles. The first kappa shape index (κ1) is 14.3. The van der Waals surface area contributed by atoms with Gasteiger partial charge >= 0.3 is 0 Å². The molecule has 1 N–H and O–H groups in total. The lowest BCUT2D eigenvalue weighted by molar-refractivity contribution is 0.118. The molecule has 2 nitrogen and oxygen atoms in total. The number of halogens is 2. The van der Waals surface area contributed by atoms with Gasteiger partial charge in [0.15, 0.2) is 9.49 Å². The number of nitrogens with one attached hydrogen (secondary N) is 1. The lowest BCUT2D eigenvalue weighted by atomic mass is 10.5. The van der Waals surface area contributed by atoms with E-state index in [1.54, 1.807) is 11.8 Å². The van der Waals surface area contributed by atoms with Crippen molar-refractivity contribution in [1.82, 2.24) is 5.32 Å². The highest BCUT2D eigenvalue weighted by Crippen LogP contribution is 2.20. The fraction of sp³-hybridized carbons (Fsp3) is 0.778. The summed E-state index contributed by atoms with van der Waals surface area (Å²) >= 11 is 3.77. The molecule has 5 heteroatoms. The van der Waals surface area contributed by atoms with Crippen LogP contribution in [0.1, 0.15) is 13.8 Å². The molecule has 0 unspecified atom stereocenters. The Bertz CT molecular complexity index is 173. The second-order valence-corrected chi connectivity index (χ2v) is 6.94. The Kier molecular flexibility index (Phi) is 7.81. The lowest BCUT2D eigenvalue weighted by Crippen LogP contribution is -2.24. The van der Waals surface area contributed by atoms with Gasteiger partial charge in [0.2, 0.25) is 0 Å². The van der Waals surface area contributed by atoms with Gasteiger partial charge in [0.1, 0.15) is 0 Å². The number of ether oxygens (including phenoxy) is 1. The van der Waals surface area contributed by atoms with E-state index in [1.165, 1.54) is 0 Å². The molecule has 0 aliphatic rings. The van der Waals surface area contributed by atoms with Gasteiger partial charge in [-0.1, -0.05) is 0 Å². The van der Waals surface area contributed by atoms with Crippen molar-refractivity contribution >= 4 is 34.4 Å². The van der Waals surface area contributed by atoms with Crippen molar-refractivity contribution in [2.24, 2.45) is 0 Å². The van der Waals surface area contributed by atoms with Gasteiger partial charge in [-0.15, -0.1) is 0 Å². The third kappa shape index (κ3) is 10.4. The molecule has 0 aliphatic heterocycles. The second kappa shape index (κ2) is 7.62. The Labute approximate surface area is 103 Å². The first-order valence-electron chi connectivity index (χ1n) is 4.40. The maximum absolute atomic E-state index is 11.7. The van der Waals surface area contributed by atoms with Gasteiger partial charge in [-0.05, 0) is 43.0 Å². The van der Waals surface area contributed by atoms with Crippen LogP contribution >= 0.6 is 34.4 Å². The molecule has 0 fully saturated rings. The van der Waals surface area contributed by atoms with Crippen molar-refractivity contribution < 1.29 is 9.13 Å². The molecule has 0 aromatic heterocycles. The van der Waals surface area contributed by atoms with Crippen LogP contribution in [0.5, 0.6) is 0 Å². The lowest BCUT2D eigenvalue weighted by Gasteiger charge is -2.21. The van der Waals surface area contributed by atoms with E-state index in [4.69, 9.17) is 4.74 Å². The van der Waals surface area contributed by atoms with Gasteiger partial charge in [0.25, 0.3) is 0 Å². The molecule has 0 aliphatic carbocycles. The van der Waals surface area contributed by atoms with Crippen LogP contribution in [0.4, 0.5) is 4.39 Å². The van der Waals surface area contributed by atoms with Crippen LogP contribution in [-0.4, -0.2) is 28.3 Å². The summed E-state index contributed by atoms with van der Waals surface area (Å²) in [6.45, 7) is 8.15. The molecule has 0 atom stereocenters. The Balaban J connectivity index is 3.36. The molecule has 0 aromatic carbocycles. The first-order chi connectivity index (χ1) is 6.45. The highest BCUT2D eigenvalue weighted by Gasteiger charge is 2.13. The van der Waals surface area contributed by atoms with E-state index in [9.17, 15) is 4.39 Å². The largest absolute Gasteiger partial charge is 0.463 e. The number of hydrogen-bond acceptors (Lipinski definition) is 3. The molecular formula is C9H17FINOS. The highest BCUT2D eigenvalue weighted by atomic mass is 127. The summed E-state index contributed by atoms with van der Waals surface area (Å²) in [6.07, 6.45) is 0. The van der Waals surface area contributed by atoms with Gasteiger partial charge in [-0.3, -0.25) is 4.39 Å². The van der Waals surface area contributed by atoms with Gasteiger partial charge in [-0.25, -0.2) is 0 Å². The standard InChI is InChI=1S/C9H17FINOS/c1-8(13-9(2,3)11)12-5-7-14-6-4-10/h12H,1,4-7H2,2-3H3. The Hall–Kier alpha value is 0.350. The van der Waals surface area contributed by atoms with E-state index in [1.807, 2.05) is 13.8 Å². The van der Waals surface area contributed by atoms with E-state index in [-0.39, 0.29) is 10.3 Å². The molecule has 0 radical (unpaired) electrons. The van der Waals surface area contributed by atoms with Crippen molar-refractivity contribution in [2.45, 2.75) is 17.5 Å². The summed E-state index contributed by atoms with van der Waals surface area (Å²) in [4.78, 5) is 0. The third-order valence-corrected chi connectivity index (χ3v) is 2.31. The van der Waals surface area contributed by atoms with Gasteiger partial charge < -0.3 is 10.1 Å². The quantitative estimate of drug-likeness (QED) is 0.319. The zero-order valence-corrected chi connectivity index (χ0v) is 11.6. The normalized spacial score (nSPS) is 11.1. The van der Waals surface area contributed by atoms with Gasteiger partial charge in [0.05, 0.1) is 6.67 Å². The smallest absolute Gasteiger partial charge is 0.180 e. The number of alkyl halides is 2. The second-order valence-electron chi connectivity index (χ2n) is 3.12. The van der Waals surface area contributed by atoms with Crippen molar-refractivity contribution in [3.63, 3.8) is 0 Å². The van der Waals surface area contributed by atoms with E-state index in [0.29, 0.717) is 11.6 Å². The highest BCUT2D eigenvalue weighted by molar-refractivity contribution is 14.1. The zero-order valence-electron chi connectivity index (χ0n) is 8.61. The molecule has 0 amide bonds. The molecular weight excluding hydrogens is 316 g/mol. The van der Waals surface area contributed by atoms with Crippen LogP contribution in [0.25, 0.3) is 0 Å². The van der Waals surface area contributed by atoms with E-state index >= 15 is 0 Å². The predicted octanol–water partition coefficient (Wildman–Crippen LogP) is 2.94.